The summed E-state index contributed by atoms with van der Waals surface area (Å²) in [6.45, 7) is 25.2. The van der Waals surface area contributed by atoms with Crippen LogP contribution in [-0.2, 0) is 69.3 Å². The van der Waals surface area contributed by atoms with Crippen molar-refractivity contribution in [3.63, 3.8) is 0 Å². The van der Waals surface area contributed by atoms with E-state index in [4.69, 9.17) is 63.0 Å². The van der Waals surface area contributed by atoms with E-state index in [1.807, 2.05) is 60.0 Å². The second kappa shape index (κ2) is 35.5. The fourth-order valence-electron chi connectivity index (χ4n) is 21.5. The van der Waals surface area contributed by atoms with Crippen LogP contribution in [0.25, 0.3) is 21.8 Å². The lowest BCUT2D eigenvalue weighted by Crippen LogP contribution is -2.70. The van der Waals surface area contributed by atoms with Crippen molar-refractivity contribution in [2.45, 2.75) is 177 Å². The number of aromatic nitrogens is 2. The molecule has 14 heterocycles. The number of H-pyrrole nitrogens is 2. The monoisotopic (exact) mass is 1770 g/mol. The number of aryl methyl sites for hydroxylation is 4. The fourth-order valence-corrected chi connectivity index (χ4v) is 24.6. The van der Waals surface area contributed by atoms with E-state index in [2.05, 4.69) is 135 Å². The number of likely N-dealkylation sites (N-methyl/N-ethyl adjacent to an activating group) is 2. The number of rotatable bonds is 12. The molecule has 15 atom stereocenters. The van der Waals surface area contributed by atoms with Crippen molar-refractivity contribution in [2.24, 2.45) is 5.73 Å². The summed E-state index contributed by atoms with van der Waals surface area (Å²) in [5.41, 5.74) is 24.9. The molecule has 10 N–H and O–H groups in total. The van der Waals surface area contributed by atoms with Gasteiger partial charge in [0.1, 0.15) is 38.5 Å². The van der Waals surface area contributed by atoms with Gasteiger partial charge < -0.3 is 89.0 Å². The van der Waals surface area contributed by atoms with Gasteiger partial charge in [-0.2, -0.15) is 10.5 Å². The minimum atomic E-state index is -1.38. The molecule has 6 aromatic carbocycles. The molecule has 20 rings (SSSR count). The van der Waals surface area contributed by atoms with Gasteiger partial charge >= 0.3 is 24.1 Å². The molecule has 1 spiro atoms. The number of nitriles is 2. The van der Waals surface area contributed by atoms with Gasteiger partial charge in [0, 0.05) is 123 Å². The number of methoxy groups -OCH3 is 2. The minimum absolute atomic E-state index is 0.0576. The minimum Gasteiger partial charge on any atom is -0.504 e. The Kier molecular flexibility index (Phi) is 24.8. The highest BCUT2D eigenvalue weighted by Gasteiger charge is 2.64. The van der Waals surface area contributed by atoms with Crippen LogP contribution in [0.1, 0.15) is 147 Å². The SMILES string of the molecule is C=CCOC(=O)NC[C@H](N)Cc1c[nH]c2ccc(C)cc12.C=CCOC(=O)NC[C@H]1Cc2c([nH]c3ccc(C)cc23)[C@@]2(CS[C@@H]3c4c(C)c(C)c5c(c4[C@H](COC2=O)N2[C@@H]3[C@H]3c4c(cc(C)c(OC)c4O)C[C@@H]([C@@H]2C#N)N3C)OCO5)N1.CC(=O)O.COc1c(C)cc2c(c1O)[C@@H]1[C@@H]3[C@@H]4SCC(=O)C(=O)OC[C@@H](c5c6c(c(C)c(C)c54)OCO6)N3[C@@H](C#N)[C@H](C2)N1C. The van der Waals surface area contributed by atoms with Crippen molar-refractivity contribution < 1.29 is 91.5 Å². The molecule has 4 fully saturated rings. The molecule has 8 aromatic rings. The van der Waals surface area contributed by atoms with E-state index in [0.717, 1.165) is 124 Å². The van der Waals surface area contributed by atoms with Gasteiger partial charge in [-0.25, -0.2) is 19.2 Å². The molecule has 668 valence electrons. The van der Waals surface area contributed by atoms with Crippen molar-refractivity contribution in [2.75, 3.05) is 92.9 Å². The number of aromatic amines is 2. The van der Waals surface area contributed by atoms with Crippen LogP contribution in [-0.4, -0.2) is 222 Å². The fraction of sp³-hybridized carbons (Fsp3) is 0.447. The third-order valence-corrected chi connectivity index (χ3v) is 29.8. The first kappa shape index (κ1) is 88.8. The zero-order valence-electron chi connectivity index (χ0n) is 73.2. The second-order valence-electron chi connectivity index (χ2n) is 34.3. The molecular formula is C94H106N12O19S2. The lowest BCUT2D eigenvalue weighted by molar-refractivity contribution is -0.158. The normalized spacial score (nSPS) is 25.6. The molecule has 2 aromatic heterocycles. The first-order valence-corrected chi connectivity index (χ1v) is 44.5. The Morgan fingerprint density at radius 1 is 0.661 bits per heavy atom. The Balaban J connectivity index is 0.000000154. The molecule has 0 unspecified atom stereocenters. The highest BCUT2D eigenvalue weighted by Crippen LogP contribution is 2.66. The summed E-state index contributed by atoms with van der Waals surface area (Å²) in [6, 6.07) is 17.2. The van der Waals surface area contributed by atoms with Gasteiger partial charge in [-0.3, -0.25) is 34.5 Å². The number of carboxylic acid groups (broad SMARTS) is 1. The Hall–Kier alpha value is -11.7. The molecule has 127 heavy (non-hydrogen) atoms. The molecule has 12 aliphatic heterocycles. The maximum Gasteiger partial charge on any atom is 0.407 e. The van der Waals surface area contributed by atoms with E-state index in [1.54, 1.807) is 26.0 Å². The van der Waals surface area contributed by atoms with Gasteiger partial charge in [0.15, 0.2) is 51.5 Å². The van der Waals surface area contributed by atoms with Crippen LogP contribution in [0.3, 0.4) is 0 Å². The van der Waals surface area contributed by atoms with Gasteiger partial charge in [-0.15, -0.1) is 23.5 Å². The number of phenolic OH excluding ortho intramolecular Hbond substituents is 2. The topological polar surface area (TPSA) is 410 Å². The van der Waals surface area contributed by atoms with Crippen molar-refractivity contribution in [1.29, 1.82) is 10.5 Å². The first-order chi connectivity index (χ1) is 60.9. The number of aliphatic carboxylic acids is 1. The van der Waals surface area contributed by atoms with Crippen LogP contribution in [0, 0.1) is 78.1 Å². The number of amides is 2. The Bertz CT molecular complexity index is 5910. The molecule has 31 nitrogen and oxygen atoms in total. The van der Waals surface area contributed by atoms with Crippen LogP contribution >= 0.6 is 23.5 Å². The summed E-state index contributed by atoms with van der Waals surface area (Å²) < 4.78 is 58.3. The molecule has 12 aliphatic rings. The van der Waals surface area contributed by atoms with Gasteiger partial charge in [-0.05, 0) is 186 Å². The number of ketones is 1. The number of nitrogens with one attached hydrogen (secondary N) is 5. The Labute approximate surface area is 743 Å². The number of piperazine rings is 2. The number of esters is 2. The molecule has 4 saturated heterocycles. The van der Waals surface area contributed by atoms with Crippen LogP contribution in [0.4, 0.5) is 9.59 Å². The third-order valence-electron chi connectivity index (χ3n) is 27.0. The zero-order valence-corrected chi connectivity index (χ0v) is 74.8. The van der Waals surface area contributed by atoms with Crippen molar-refractivity contribution >= 4 is 81.2 Å². The van der Waals surface area contributed by atoms with E-state index in [-0.39, 0.29) is 128 Å². The highest BCUT2D eigenvalue weighted by molar-refractivity contribution is 8.00. The van der Waals surface area contributed by atoms with E-state index in [9.17, 15) is 39.9 Å². The third kappa shape index (κ3) is 15.3. The van der Waals surface area contributed by atoms with Crippen molar-refractivity contribution in [1.82, 2.24) is 45.5 Å². The lowest BCUT2D eigenvalue weighted by atomic mass is 9.71. The largest absolute Gasteiger partial charge is 0.504 e. The van der Waals surface area contributed by atoms with Crippen molar-refractivity contribution in [3.8, 4) is 58.1 Å². The van der Waals surface area contributed by atoms with Crippen LogP contribution in [0.5, 0.6) is 46.0 Å². The van der Waals surface area contributed by atoms with Crippen LogP contribution in [0.2, 0.25) is 0 Å². The number of hydrogen-bond donors (Lipinski definition) is 9. The summed E-state index contributed by atoms with van der Waals surface area (Å²) >= 11 is 3.02. The molecule has 2 amide bonds. The van der Waals surface area contributed by atoms with Gasteiger partial charge in [0.2, 0.25) is 19.4 Å². The molecule has 8 bridgehead atoms. The summed E-state index contributed by atoms with van der Waals surface area (Å²) in [4.78, 5) is 89.7. The van der Waals surface area contributed by atoms with E-state index < -0.39 is 65.6 Å². The maximum absolute atomic E-state index is 15.3. The lowest BCUT2D eigenvalue weighted by Gasteiger charge is -2.62. The Morgan fingerprint density at radius 2 is 1.16 bits per heavy atom. The predicted molar refractivity (Wildman–Crippen MR) is 474 cm³/mol. The number of ether oxygens (including phenoxy) is 10. The number of nitrogens with two attached hydrogens (primary N) is 1. The number of nitrogens with zero attached hydrogens (tertiary/aromatic N) is 6. The van der Waals surface area contributed by atoms with E-state index in [1.165, 1.54) is 34.9 Å². The van der Waals surface area contributed by atoms with E-state index in [0.29, 0.717) is 66.7 Å². The number of alkyl carbamates (subject to hydrolysis) is 2. The number of carbonyl (C=O) groups excluding carboxylic acids is 5. The average molecular weight is 1770 g/mol. The highest BCUT2D eigenvalue weighted by atomic mass is 32.2. The summed E-state index contributed by atoms with van der Waals surface area (Å²) in [5, 5.41) is 64.0. The maximum atomic E-state index is 15.3. The number of carboxylic acids is 1. The van der Waals surface area contributed by atoms with Crippen molar-refractivity contribution in [3.05, 3.63) is 186 Å². The quantitative estimate of drug-likeness (QED) is 0.0237. The number of aromatic hydroxyl groups is 2. The van der Waals surface area contributed by atoms with Crippen LogP contribution < -0.4 is 50.1 Å². The van der Waals surface area contributed by atoms with Gasteiger partial charge in [0.25, 0.3) is 5.97 Å². The average Bonchev–Trinajstić information content (AvgIpc) is 1.46. The number of hydrogen-bond acceptors (Lipinski definition) is 28. The number of carbonyl (C=O) groups is 6. The number of cyclic esters (lactones) is 1. The standard InChI is InChI=1S/C46H50N6O8S.C30H31N3O7S.C16H21N3O2.C2H4O2/c1-8-11-57-45(55)48-17-26-15-28-27-12-21(2)9-10-29(27)49-43(28)46(50-26)19-61-42-33-23(4)24(5)40-41(60-20-59-40)35(33)32(18-58-44(46)54)52-31(16-47)30-14-25-13-22(3)39(56-7)38(53)34(25)36(37(42)52)51(30)6;1-12-6-15-7-16-17(8-31)33-18-9-38-30(36)19(34)10-41-29(20-13(2)14(3)27-28(22(18)20)40-11-39-27)24(33)23(32(16)4)21(15)25(35)26(12)37-5;1-3-6-21-16(20)19-10-13(17)8-12-9-18-15-5-4-11(2)7-14(12)15;1-2(3)4/h8-10,12-13,26,30-32,36-37,42,49-50,53H,1,11,14-15,17-20H2,2-7H3,(H,48,55);6,16-18,23-24,29,35H,7,9-11H2,1-5H3;3-5,7,9,13,18H,1,6,8,10,17H2,2H3,(H,19,20);1H3,(H,3,4)/t26-,30+,31+,32+,36-,37-,42-,46-;16-,17-,18-,23+,24+,29+;13-;/m101./s1. The summed E-state index contributed by atoms with van der Waals surface area (Å²) in [5.74, 6) is 1.05. The van der Waals surface area contributed by atoms with Crippen LogP contribution in [0.15, 0.2) is 80.0 Å². The first-order valence-electron chi connectivity index (χ1n) is 42.4. The number of phenols is 2. The number of benzene rings is 6. The molecular weight excluding hydrogens is 1670 g/mol. The number of thioether (sulfide) groups is 2. The molecule has 33 heteroatoms. The van der Waals surface area contributed by atoms with Gasteiger partial charge in [-0.1, -0.05) is 60.7 Å². The molecule has 0 radical (unpaired) electrons. The number of Topliss-reactive ketones (excluding diaryl/α,β-unsaturated/α-hetero) is 1. The smallest absolute Gasteiger partial charge is 0.407 e. The summed E-state index contributed by atoms with van der Waals surface area (Å²) in [6.07, 6.45) is 6.27. The Morgan fingerprint density at radius 3 is 1.68 bits per heavy atom. The second-order valence-corrected chi connectivity index (χ2v) is 36.6. The molecule has 0 aliphatic carbocycles. The number of fused-ring (bicyclic) bond motifs is 21. The summed E-state index contributed by atoms with van der Waals surface area (Å²) in [7, 11) is 7.19. The zero-order chi connectivity index (χ0) is 90.4. The van der Waals surface area contributed by atoms with Gasteiger partial charge in [0.05, 0.1) is 62.0 Å². The van der Waals surface area contributed by atoms with E-state index >= 15 is 4.79 Å². The predicted octanol–water partition coefficient (Wildman–Crippen LogP) is 11.3. The molecule has 0 saturated carbocycles.